The summed E-state index contributed by atoms with van der Waals surface area (Å²) in [6.45, 7) is 6.66. The number of halogens is 4. The predicted octanol–water partition coefficient (Wildman–Crippen LogP) is 6.99. The minimum Gasteiger partial charge on any atom is -0.324 e. The summed E-state index contributed by atoms with van der Waals surface area (Å²) < 4.78 is 54.1. The highest BCUT2D eigenvalue weighted by Gasteiger charge is 2.55. The summed E-state index contributed by atoms with van der Waals surface area (Å²) in [5, 5.41) is 6.69. The average molecular weight is 481 g/mol. The maximum absolute atomic E-state index is 13.3. The molecule has 4 aromatic rings. The largest absolute Gasteiger partial charge is 0.435 e. The fraction of sp³-hybridized carbons (Fsp3) is 0.269. The van der Waals surface area contributed by atoms with Crippen LogP contribution in [0.4, 0.5) is 29.2 Å². The van der Waals surface area contributed by atoms with Crippen molar-refractivity contribution in [2.45, 2.75) is 32.9 Å². The fourth-order valence-electron chi connectivity index (χ4n) is 4.58. The Bertz CT molecular complexity index is 1380. The van der Waals surface area contributed by atoms with E-state index in [0.29, 0.717) is 23.1 Å². The number of aromatic nitrogens is 4. The van der Waals surface area contributed by atoms with E-state index in [1.807, 2.05) is 18.2 Å². The number of hydrogen-bond donors (Lipinski definition) is 1. The van der Waals surface area contributed by atoms with Crippen molar-refractivity contribution in [3.05, 3.63) is 84.1 Å². The van der Waals surface area contributed by atoms with Crippen LogP contribution in [0.5, 0.6) is 0 Å². The Morgan fingerprint density at radius 2 is 1.74 bits per heavy atom. The minimum atomic E-state index is -4.58. The van der Waals surface area contributed by atoms with Gasteiger partial charge < -0.3 is 5.32 Å². The van der Waals surface area contributed by atoms with Gasteiger partial charge in [0, 0.05) is 23.6 Å². The van der Waals surface area contributed by atoms with Crippen LogP contribution in [-0.4, -0.2) is 19.7 Å². The molecule has 1 saturated carbocycles. The van der Waals surface area contributed by atoms with Crippen LogP contribution in [0.1, 0.15) is 37.9 Å². The maximum Gasteiger partial charge on any atom is 0.435 e. The van der Waals surface area contributed by atoms with E-state index in [1.54, 1.807) is 6.20 Å². The van der Waals surface area contributed by atoms with Crippen LogP contribution >= 0.6 is 0 Å². The van der Waals surface area contributed by atoms with Gasteiger partial charge in [-0.2, -0.15) is 23.3 Å². The Hall–Kier alpha value is -3.75. The van der Waals surface area contributed by atoms with E-state index in [-0.39, 0.29) is 17.2 Å². The van der Waals surface area contributed by atoms with Crippen molar-refractivity contribution in [1.82, 2.24) is 19.7 Å². The summed E-state index contributed by atoms with van der Waals surface area (Å²) in [5.41, 5.74) is 2.19. The van der Waals surface area contributed by atoms with E-state index >= 15 is 0 Å². The first-order valence-corrected chi connectivity index (χ1v) is 11.2. The lowest BCUT2D eigenvalue weighted by Gasteiger charge is -2.13. The van der Waals surface area contributed by atoms with Gasteiger partial charge in [-0.1, -0.05) is 45.0 Å². The second-order valence-electron chi connectivity index (χ2n) is 9.42. The molecule has 0 aliphatic heterocycles. The molecule has 2 aromatic carbocycles. The van der Waals surface area contributed by atoms with Crippen molar-refractivity contribution >= 4 is 11.6 Å². The molecule has 1 fully saturated rings. The maximum atomic E-state index is 13.3. The van der Waals surface area contributed by atoms with Crippen LogP contribution in [0, 0.1) is 17.2 Å². The molecule has 1 aliphatic rings. The van der Waals surface area contributed by atoms with Gasteiger partial charge in [0.25, 0.3) is 0 Å². The highest BCUT2D eigenvalue weighted by molar-refractivity contribution is 5.72. The Labute approximate surface area is 199 Å². The van der Waals surface area contributed by atoms with Gasteiger partial charge in [0.15, 0.2) is 11.5 Å². The normalized spacial score (nSPS) is 18.9. The third kappa shape index (κ3) is 4.38. The van der Waals surface area contributed by atoms with Gasteiger partial charge in [-0.3, -0.25) is 0 Å². The molecule has 2 aromatic heterocycles. The van der Waals surface area contributed by atoms with Crippen molar-refractivity contribution in [3.8, 4) is 16.9 Å². The molecule has 5 nitrogen and oxygen atoms in total. The topological polar surface area (TPSA) is 55.6 Å². The van der Waals surface area contributed by atoms with Gasteiger partial charge in [0.2, 0.25) is 5.95 Å². The van der Waals surface area contributed by atoms with Gasteiger partial charge in [-0.25, -0.2) is 14.1 Å². The zero-order valence-electron chi connectivity index (χ0n) is 19.3. The van der Waals surface area contributed by atoms with Crippen molar-refractivity contribution in [1.29, 1.82) is 0 Å². The molecule has 0 unspecified atom stereocenters. The Kier molecular flexibility index (Phi) is 5.38. The van der Waals surface area contributed by atoms with Gasteiger partial charge in [-0.15, -0.1) is 0 Å². The number of anilines is 2. The SMILES string of the molecule is C[C@H]1[C@H](c2cccc(-c3cnc(Nc4ccc(F)cc4)nc3-n3ccc(C(F)(F)F)n3)c2)C1(C)C. The van der Waals surface area contributed by atoms with Crippen molar-refractivity contribution in [2.75, 3.05) is 5.32 Å². The van der Waals surface area contributed by atoms with E-state index in [4.69, 9.17) is 0 Å². The Morgan fingerprint density at radius 1 is 1.03 bits per heavy atom. The monoisotopic (exact) mass is 481 g/mol. The summed E-state index contributed by atoms with van der Waals surface area (Å²) in [4.78, 5) is 8.85. The molecule has 0 amide bonds. The lowest BCUT2D eigenvalue weighted by molar-refractivity contribution is -0.141. The molecule has 180 valence electrons. The van der Waals surface area contributed by atoms with Crippen molar-refractivity contribution in [2.24, 2.45) is 11.3 Å². The molecule has 0 radical (unpaired) electrons. The van der Waals surface area contributed by atoms with Crippen LogP contribution < -0.4 is 5.32 Å². The predicted molar refractivity (Wildman–Crippen MR) is 125 cm³/mol. The second kappa shape index (κ2) is 8.18. The summed E-state index contributed by atoms with van der Waals surface area (Å²) >= 11 is 0. The lowest BCUT2D eigenvalue weighted by Crippen LogP contribution is -2.10. The molecule has 0 spiro atoms. The molecule has 2 heterocycles. The molecule has 1 aliphatic carbocycles. The van der Waals surface area contributed by atoms with Crippen LogP contribution in [0.15, 0.2) is 67.0 Å². The molecular formula is C26H23F4N5. The standard InChI is InChI=1S/C26H23F4N5/c1-15-22(25(15,2)3)17-6-4-5-16(13-17)20-14-31-24(32-19-9-7-18(27)8-10-19)33-23(20)35-12-11-21(34-35)26(28,29)30/h4-15,22H,1-3H3,(H,31,32,33)/t15-,22+/m0/s1. The fourth-order valence-corrected chi connectivity index (χ4v) is 4.58. The summed E-state index contributed by atoms with van der Waals surface area (Å²) in [6.07, 6.45) is -1.79. The molecule has 5 rings (SSSR count). The smallest absolute Gasteiger partial charge is 0.324 e. The zero-order valence-corrected chi connectivity index (χ0v) is 19.3. The lowest BCUT2D eigenvalue weighted by atomic mass is 9.99. The third-order valence-corrected chi connectivity index (χ3v) is 6.89. The molecule has 35 heavy (non-hydrogen) atoms. The van der Waals surface area contributed by atoms with Crippen molar-refractivity contribution in [3.63, 3.8) is 0 Å². The second-order valence-corrected chi connectivity index (χ2v) is 9.42. The quantitative estimate of drug-likeness (QED) is 0.312. The van der Waals surface area contributed by atoms with Gasteiger partial charge in [-0.05, 0) is 58.7 Å². The summed E-state index contributed by atoms with van der Waals surface area (Å²) in [7, 11) is 0. The molecule has 2 atom stereocenters. The first-order chi connectivity index (χ1) is 16.5. The van der Waals surface area contributed by atoms with Crippen LogP contribution in [-0.2, 0) is 6.18 Å². The van der Waals surface area contributed by atoms with E-state index in [0.717, 1.165) is 21.9 Å². The minimum absolute atomic E-state index is 0.146. The molecule has 0 bridgehead atoms. The highest BCUT2D eigenvalue weighted by atomic mass is 19.4. The van der Waals surface area contributed by atoms with Crippen molar-refractivity contribution < 1.29 is 17.6 Å². The summed E-state index contributed by atoms with van der Waals surface area (Å²) in [5.74, 6) is 0.869. The van der Waals surface area contributed by atoms with Gasteiger partial charge in [0.05, 0.1) is 0 Å². The molecule has 1 N–H and O–H groups in total. The number of nitrogens with zero attached hydrogens (tertiary/aromatic N) is 4. The number of hydrogen-bond acceptors (Lipinski definition) is 4. The van der Waals surface area contributed by atoms with Crippen LogP contribution in [0.2, 0.25) is 0 Å². The third-order valence-electron chi connectivity index (χ3n) is 6.89. The van der Waals surface area contributed by atoms with E-state index in [2.05, 4.69) is 47.2 Å². The van der Waals surface area contributed by atoms with Crippen LogP contribution in [0.3, 0.4) is 0 Å². The van der Waals surface area contributed by atoms with E-state index in [9.17, 15) is 17.6 Å². The number of benzene rings is 2. The van der Waals surface area contributed by atoms with Crippen LogP contribution in [0.25, 0.3) is 16.9 Å². The first-order valence-electron chi connectivity index (χ1n) is 11.2. The van der Waals surface area contributed by atoms with Gasteiger partial charge in [0.1, 0.15) is 5.82 Å². The zero-order chi connectivity index (χ0) is 25.0. The average Bonchev–Trinajstić information content (AvgIpc) is 3.15. The van der Waals surface area contributed by atoms with Gasteiger partial charge >= 0.3 is 6.18 Å². The first kappa shape index (κ1) is 23.0. The number of rotatable bonds is 5. The molecule has 9 heteroatoms. The Balaban J connectivity index is 1.58. The van der Waals surface area contributed by atoms with E-state index in [1.165, 1.54) is 30.5 Å². The highest BCUT2D eigenvalue weighted by Crippen LogP contribution is 2.64. The summed E-state index contributed by atoms with van der Waals surface area (Å²) in [6, 6.07) is 14.4. The molecule has 0 saturated heterocycles. The number of alkyl halides is 3. The van der Waals surface area contributed by atoms with E-state index < -0.39 is 17.7 Å². The number of nitrogens with one attached hydrogen (secondary N) is 1. The molecular weight excluding hydrogens is 458 g/mol. The Morgan fingerprint density at radius 3 is 2.37 bits per heavy atom.